The zero-order chi connectivity index (χ0) is 20.3. The van der Waals surface area contributed by atoms with Crippen molar-refractivity contribution in [2.75, 3.05) is 36.8 Å². The van der Waals surface area contributed by atoms with Gasteiger partial charge >= 0.3 is 0 Å². The number of anilines is 2. The minimum absolute atomic E-state index is 0. The van der Waals surface area contributed by atoms with Gasteiger partial charge in [0.15, 0.2) is 0 Å². The molecule has 1 amide bonds. The first kappa shape index (κ1) is 19.8. The molecule has 0 bridgehead atoms. The van der Waals surface area contributed by atoms with Crippen LogP contribution in [0, 0.1) is 0 Å². The van der Waals surface area contributed by atoms with E-state index in [4.69, 9.17) is 5.73 Å². The van der Waals surface area contributed by atoms with Crippen molar-refractivity contribution in [1.82, 2.24) is 14.9 Å². The van der Waals surface area contributed by atoms with Gasteiger partial charge in [0.2, 0.25) is 5.78 Å². The Kier molecular flexibility index (Phi) is 5.60. The Morgan fingerprint density at radius 3 is 2.64 bits per heavy atom. The molecule has 0 radical (unpaired) electrons. The number of hydrogen-bond donors (Lipinski definition) is 2. The Labute approximate surface area is 165 Å². The predicted octanol–water partition coefficient (Wildman–Crippen LogP) is 1.35. The van der Waals surface area contributed by atoms with E-state index in [1.807, 2.05) is 11.0 Å². The fourth-order valence-corrected chi connectivity index (χ4v) is 3.21. The van der Waals surface area contributed by atoms with Crippen molar-refractivity contribution in [1.29, 1.82) is 0 Å². The van der Waals surface area contributed by atoms with Crippen LogP contribution in [0.2, 0.25) is 0 Å². The van der Waals surface area contributed by atoms with Gasteiger partial charge in [-0.25, -0.2) is 9.97 Å². The first-order valence-electron chi connectivity index (χ1n) is 9.26. The molecule has 8 nitrogen and oxygen atoms in total. The van der Waals surface area contributed by atoms with Crippen molar-refractivity contribution in [3.8, 4) is 0 Å². The third-order valence-electron chi connectivity index (χ3n) is 4.68. The molecule has 0 atom stereocenters. The molecule has 0 aromatic carbocycles. The summed E-state index contributed by atoms with van der Waals surface area (Å²) >= 11 is 0. The number of nitrogens with zero attached hydrogens (tertiary/aromatic N) is 4. The molecule has 0 saturated carbocycles. The summed E-state index contributed by atoms with van der Waals surface area (Å²) in [5.41, 5.74) is 5.05. The van der Waals surface area contributed by atoms with Crippen molar-refractivity contribution in [2.45, 2.75) is 25.9 Å². The summed E-state index contributed by atoms with van der Waals surface area (Å²) < 4.78 is 0. The lowest BCUT2D eigenvalue weighted by Gasteiger charge is -2.27. The number of amides is 1. The fourth-order valence-electron chi connectivity index (χ4n) is 3.21. The maximum absolute atomic E-state index is 12.7. The monoisotopic (exact) mass is 385 g/mol. The largest absolute Gasteiger partial charge is 0.383 e. The molecule has 1 fully saturated rings. The molecule has 3 heterocycles. The average Bonchev–Trinajstić information content (AvgIpc) is 2.93. The standard InChI is InChI=1S/C20H25N5O3.H2/c1-20(2,28)19(27)25-11-5-10-24(12-13-25)16-8-3-7-15(23-16)17(26)14-6-4-9-22-18(14)21;/h3-4,6-9,28H,5,10-13H2,1-2H3,(H2,21,22);1H. The minimum Gasteiger partial charge on any atom is -0.383 e. The number of nitrogens with two attached hydrogens (primary N) is 1. The zero-order valence-electron chi connectivity index (χ0n) is 16.1. The summed E-state index contributed by atoms with van der Waals surface area (Å²) in [6.45, 7) is 5.33. The highest BCUT2D eigenvalue weighted by atomic mass is 16.3. The van der Waals surface area contributed by atoms with E-state index in [1.165, 1.54) is 20.0 Å². The summed E-state index contributed by atoms with van der Waals surface area (Å²) in [5.74, 6) is 0.292. The number of hydrogen-bond acceptors (Lipinski definition) is 7. The molecular weight excluding hydrogens is 358 g/mol. The van der Waals surface area contributed by atoms with Crippen LogP contribution < -0.4 is 10.6 Å². The second-order valence-electron chi connectivity index (χ2n) is 7.34. The van der Waals surface area contributed by atoms with Gasteiger partial charge in [0, 0.05) is 33.8 Å². The molecule has 2 aromatic heterocycles. The normalized spacial score (nSPS) is 15.2. The van der Waals surface area contributed by atoms with Gasteiger partial charge < -0.3 is 20.6 Å². The van der Waals surface area contributed by atoms with E-state index in [-0.39, 0.29) is 18.9 Å². The molecule has 8 heteroatoms. The second kappa shape index (κ2) is 7.93. The topological polar surface area (TPSA) is 113 Å². The number of carbonyl (C=O) groups is 2. The van der Waals surface area contributed by atoms with Crippen molar-refractivity contribution in [3.63, 3.8) is 0 Å². The molecule has 28 heavy (non-hydrogen) atoms. The predicted molar refractivity (Wildman–Crippen MR) is 108 cm³/mol. The number of ketones is 1. The lowest BCUT2D eigenvalue weighted by Crippen LogP contribution is -2.46. The highest BCUT2D eigenvalue weighted by molar-refractivity contribution is 6.10. The first-order chi connectivity index (χ1) is 13.3. The van der Waals surface area contributed by atoms with Crippen LogP contribution in [0.1, 0.15) is 37.7 Å². The third kappa shape index (κ3) is 4.28. The van der Waals surface area contributed by atoms with E-state index in [0.717, 1.165) is 6.42 Å². The molecular formula is C20H27N5O3. The highest BCUT2D eigenvalue weighted by Gasteiger charge is 2.30. The number of aliphatic hydroxyl groups is 1. The molecule has 0 aliphatic carbocycles. The number of carbonyl (C=O) groups excluding carboxylic acids is 2. The van der Waals surface area contributed by atoms with Gasteiger partial charge in [-0.2, -0.15) is 0 Å². The van der Waals surface area contributed by atoms with E-state index >= 15 is 0 Å². The molecule has 3 N–H and O–H groups in total. The van der Waals surface area contributed by atoms with Crippen molar-refractivity contribution in [3.05, 3.63) is 47.8 Å². The maximum atomic E-state index is 12.7. The van der Waals surface area contributed by atoms with Crippen LogP contribution in [-0.4, -0.2) is 63.4 Å². The lowest BCUT2D eigenvalue weighted by atomic mass is 10.1. The van der Waals surface area contributed by atoms with Gasteiger partial charge in [-0.15, -0.1) is 0 Å². The molecule has 150 valence electrons. The van der Waals surface area contributed by atoms with Crippen LogP contribution in [0.4, 0.5) is 11.6 Å². The highest BCUT2D eigenvalue weighted by Crippen LogP contribution is 2.19. The molecule has 1 aliphatic rings. The van der Waals surface area contributed by atoms with Gasteiger partial charge in [0.05, 0.1) is 5.56 Å². The number of nitrogen functional groups attached to an aromatic ring is 1. The smallest absolute Gasteiger partial charge is 0.254 e. The van der Waals surface area contributed by atoms with Crippen LogP contribution in [0.25, 0.3) is 0 Å². The zero-order valence-corrected chi connectivity index (χ0v) is 16.1. The fraction of sp³-hybridized carbons (Fsp3) is 0.400. The van der Waals surface area contributed by atoms with Crippen molar-refractivity contribution >= 4 is 23.3 Å². The van der Waals surface area contributed by atoms with Crippen LogP contribution in [0.3, 0.4) is 0 Å². The number of aromatic nitrogens is 2. The molecule has 1 aliphatic heterocycles. The van der Waals surface area contributed by atoms with Crippen LogP contribution in [0.5, 0.6) is 0 Å². The Bertz CT molecular complexity index is 884. The molecule has 0 spiro atoms. The van der Waals surface area contributed by atoms with E-state index in [9.17, 15) is 14.7 Å². The van der Waals surface area contributed by atoms with E-state index in [2.05, 4.69) is 9.97 Å². The average molecular weight is 385 g/mol. The number of pyridine rings is 2. The quantitative estimate of drug-likeness (QED) is 0.764. The van der Waals surface area contributed by atoms with Gasteiger partial charge in [-0.1, -0.05) is 6.07 Å². The number of rotatable bonds is 4. The first-order valence-corrected chi connectivity index (χ1v) is 9.26. The SMILES string of the molecule is CC(C)(O)C(=O)N1CCCN(c2cccc(C(=O)c3cccnc3N)n2)CC1.[HH]. The summed E-state index contributed by atoms with van der Waals surface area (Å²) in [6, 6.07) is 8.57. The van der Waals surface area contributed by atoms with E-state index < -0.39 is 5.60 Å². The van der Waals surface area contributed by atoms with E-state index in [1.54, 1.807) is 29.2 Å². The Morgan fingerprint density at radius 2 is 1.93 bits per heavy atom. The maximum Gasteiger partial charge on any atom is 0.254 e. The van der Waals surface area contributed by atoms with Crippen molar-refractivity contribution < 1.29 is 16.1 Å². The van der Waals surface area contributed by atoms with Crippen LogP contribution >= 0.6 is 0 Å². The summed E-state index contributed by atoms with van der Waals surface area (Å²) in [7, 11) is 0. The summed E-state index contributed by atoms with van der Waals surface area (Å²) in [5, 5.41) is 9.97. The van der Waals surface area contributed by atoms with Gasteiger partial charge in [0.25, 0.3) is 5.91 Å². The van der Waals surface area contributed by atoms with Crippen LogP contribution in [-0.2, 0) is 4.79 Å². The Balaban J connectivity index is 0.00000300. The summed E-state index contributed by atoms with van der Waals surface area (Å²) in [6.07, 6.45) is 2.28. The van der Waals surface area contributed by atoms with Crippen molar-refractivity contribution in [2.24, 2.45) is 0 Å². The lowest BCUT2D eigenvalue weighted by molar-refractivity contribution is -0.147. The van der Waals surface area contributed by atoms with E-state index in [0.29, 0.717) is 43.3 Å². The molecule has 1 saturated heterocycles. The Morgan fingerprint density at radius 1 is 1.14 bits per heavy atom. The Hall–Kier alpha value is -3.00. The summed E-state index contributed by atoms with van der Waals surface area (Å²) in [4.78, 5) is 37.3. The molecule has 2 aromatic rings. The minimum atomic E-state index is -1.39. The third-order valence-corrected chi connectivity index (χ3v) is 4.68. The van der Waals surface area contributed by atoms with Gasteiger partial charge in [-0.05, 0) is 44.5 Å². The molecule has 0 unspecified atom stereocenters. The molecule has 3 rings (SSSR count). The van der Waals surface area contributed by atoms with Crippen LogP contribution in [0.15, 0.2) is 36.5 Å². The van der Waals surface area contributed by atoms with Gasteiger partial charge in [-0.3, -0.25) is 9.59 Å². The second-order valence-corrected chi connectivity index (χ2v) is 7.34. The van der Waals surface area contributed by atoms with Gasteiger partial charge in [0.1, 0.15) is 22.9 Å².